The maximum Gasteiger partial charge on any atom is 0.274 e. The Morgan fingerprint density at radius 2 is 2.11 bits per heavy atom. The quantitative estimate of drug-likeness (QED) is 0.433. The van der Waals surface area contributed by atoms with E-state index in [4.69, 9.17) is 0 Å². The molecular formula is C5H5N3O. The highest BCUT2D eigenvalue weighted by molar-refractivity contribution is 5.04. The summed E-state index contributed by atoms with van der Waals surface area (Å²) in [6.07, 6.45) is 0. The van der Waals surface area contributed by atoms with Crippen LogP contribution in [0, 0.1) is 0 Å². The van der Waals surface area contributed by atoms with Gasteiger partial charge in [-0.25, -0.2) is 5.10 Å². The van der Waals surface area contributed by atoms with Crippen LogP contribution in [0.3, 0.4) is 0 Å². The molecule has 0 atom stereocenters. The topological polar surface area (TPSA) is 58.6 Å². The average Bonchev–Trinajstić information content (AvgIpc) is 1.83. The molecule has 1 heterocycles. The number of H-pyrrole nitrogens is 1. The second-order valence-corrected chi connectivity index (χ2v) is 1.57. The number of aromatic amines is 1. The van der Waals surface area contributed by atoms with E-state index in [1.54, 1.807) is 0 Å². The SMILES string of the molecule is C=c1nn[nH]c(=O)c1=C. The van der Waals surface area contributed by atoms with E-state index in [1.165, 1.54) is 0 Å². The van der Waals surface area contributed by atoms with Crippen molar-refractivity contribution >= 4 is 13.2 Å². The predicted molar refractivity (Wildman–Crippen MR) is 32.9 cm³/mol. The first-order chi connectivity index (χ1) is 4.22. The van der Waals surface area contributed by atoms with E-state index < -0.39 is 0 Å². The van der Waals surface area contributed by atoms with Crippen molar-refractivity contribution in [2.24, 2.45) is 0 Å². The van der Waals surface area contributed by atoms with Gasteiger partial charge >= 0.3 is 0 Å². The van der Waals surface area contributed by atoms with Crippen LogP contribution in [0.25, 0.3) is 13.2 Å². The van der Waals surface area contributed by atoms with Crippen LogP contribution in [0.5, 0.6) is 0 Å². The standard InChI is InChI=1S/C5H5N3O/c1-3-4(2)6-8-7-5(3)9/h1-2H2,(H,6,7,9). The zero-order valence-corrected chi connectivity index (χ0v) is 4.72. The van der Waals surface area contributed by atoms with Crippen molar-refractivity contribution in [2.75, 3.05) is 0 Å². The lowest BCUT2D eigenvalue weighted by Gasteiger charge is -1.79. The Bertz CT molecular complexity index is 322. The van der Waals surface area contributed by atoms with Crippen LogP contribution in [-0.4, -0.2) is 15.4 Å². The molecule has 1 rings (SSSR count). The molecule has 0 aliphatic carbocycles. The van der Waals surface area contributed by atoms with Gasteiger partial charge in [0.2, 0.25) is 0 Å². The monoisotopic (exact) mass is 123 g/mol. The van der Waals surface area contributed by atoms with E-state index in [0.717, 1.165) is 0 Å². The Morgan fingerprint density at radius 1 is 1.44 bits per heavy atom. The fraction of sp³-hybridized carbons (Fsp3) is 0. The Labute approximate surface area is 50.5 Å². The predicted octanol–water partition coefficient (Wildman–Crippen LogP) is -2.01. The number of nitrogens with zero attached hydrogens (tertiary/aromatic N) is 2. The van der Waals surface area contributed by atoms with Gasteiger partial charge in [-0.1, -0.05) is 18.4 Å². The van der Waals surface area contributed by atoms with Crippen molar-refractivity contribution in [2.45, 2.75) is 0 Å². The summed E-state index contributed by atoms with van der Waals surface area (Å²) >= 11 is 0. The summed E-state index contributed by atoms with van der Waals surface area (Å²) in [6.45, 7) is 6.84. The third-order valence-corrected chi connectivity index (χ3v) is 0.945. The van der Waals surface area contributed by atoms with E-state index in [2.05, 4.69) is 28.6 Å². The number of hydrogen-bond donors (Lipinski definition) is 1. The summed E-state index contributed by atoms with van der Waals surface area (Å²) in [7, 11) is 0. The Morgan fingerprint density at radius 3 is 2.56 bits per heavy atom. The van der Waals surface area contributed by atoms with Gasteiger partial charge in [0.25, 0.3) is 5.56 Å². The summed E-state index contributed by atoms with van der Waals surface area (Å²) in [5.74, 6) is 0. The van der Waals surface area contributed by atoms with Gasteiger partial charge in [0.1, 0.15) is 0 Å². The fourth-order valence-electron chi connectivity index (χ4n) is 0.390. The van der Waals surface area contributed by atoms with Gasteiger partial charge in [0, 0.05) is 0 Å². The lowest BCUT2D eigenvalue weighted by atomic mass is 10.5. The highest BCUT2D eigenvalue weighted by Crippen LogP contribution is 1.30. The minimum atomic E-state index is -0.338. The molecule has 0 spiro atoms. The van der Waals surface area contributed by atoms with Gasteiger partial charge < -0.3 is 0 Å². The molecule has 0 unspecified atom stereocenters. The molecule has 1 N–H and O–H groups in total. The van der Waals surface area contributed by atoms with E-state index in [-0.39, 0.29) is 10.8 Å². The highest BCUT2D eigenvalue weighted by atomic mass is 16.1. The molecule has 0 amide bonds. The Kier molecular flexibility index (Phi) is 1.14. The molecular weight excluding hydrogens is 118 g/mol. The second-order valence-electron chi connectivity index (χ2n) is 1.57. The summed E-state index contributed by atoms with van der Waals surface area (Å²) in [5, 5.41) is 9.42. The van der Waals surface area contributed by atoms with Crippen LogP contribution in [0.4, 0.5) is 0 Å². The molecule has 1 aromatic rings. The molecule has 4 heteroatoms. The van der Waals surface area contributed by atoms with E-state index >= 15 is 0 Å². The highest BCUT2D eigenvalue weighted by Gasteiger charge is 1.84. The Hall–Kier alpha value is -1.45. The van der Waals surface area contributed by atoms with Crippen LogP contribution in [0.15, 0.2) is 4.79 Å². The molecule has 0 radical (unpaired) electrons. The molecule has 0 fully saturated rings. The number of hydrogen-bond acceptors (Lipinski definition) is 3. The molecule has 0 saturated carbocycles. The van der Waals surface area contributed by atoms with Crippen LogP contribution in [-0.2, 0) is 0 Å². The van der Waals surface area contributed by atoms with E-state index in [9.17, 15) is 4.79 Å². The number of nitrogens with one attached hydrogen (secondary N) is 1. The summed E-state index contributed by atoms with van der Waals surface area (Å²) < 4.78 is 0. The first-order valence-corrected chi connectivity index (χ1v) is 2.31. The maximum absolute atomic E-state index is 10.6. The van der Waals surface area contributed by atoms with Crippen molar-refractivity contribution in [3.05, 3.63) is 20.9 Å². The second kappa shape index (κ2) is 1.81. The zero-order chi connectivity index (χ0) is 6.85. The molecule has 0 aliphatic heterocycles. The minimum Gasteiger partial charge on any atom is -0.267 e. The molecule has 1 aromatic heterocycles. The zero-order valence-electron chi connectivity index (χ0n) is 4.72. The van der Waals surface area contributed by atoms with Crippen molar-refractivity contribution < 1.29 is 0 Å². The number of aromatic nitrogens is 3. The van der Waals surface area contributed by atoms with Gasteiger partial charge in [-0.3, -0.25) is 4.79 Å². The molecule has 46 valence electrons. The van der Waals surface area contributed by atoms with Crippen LogP contribution < -0.4 is 16.1 Å². The Balaban J connectivity index is 3.85. The van der Waals surface area contributed by atoms with Crippen molar-refractivity contribution in [1.82, 2.24) is 15.4 Å². The lowest BCUT2D eigenvalue weighted by molar-refractivity contribution is 0.811. The third-order valence-electron chi connectivity index (χ3n) is 0.945. The average molecular weight is 123 g/mol. The molecule has 0 aromatic carbocycles. The summed E-state index contributed by atoms with van der Waals surface area (Å²) in [5.41, 5.74) is -0.338. The largest absolute Gasteiger partial charge is 0.274 e. The molecule has 0 aliphatic rings. The van der Waals surface area contributed by atoms with Gasteiger partial charge in [0.05, 0.1) is 10.6 Å². The molecule has 4 nitrogen and oxygen atoms in total. The number of rotatable bonds is 0. The first kappa shape index (κ1) is 5.68. The van der Waals surface area contributed by atoms with Crippen molar-refractivity contribution in [3.63, 3.8) is 0 Å². The molecule has 0 saturated heterocycles. The summed E-state index contributed by atoms with van der Waals surface area (Å²) in [4.78, 5) is 10.6. The third kappa shape index (κ3) is 0.861. The van der Waals surface area contributed by atoms with Crippen LogP contribution >= 0.6 is 0 Å². The van der Waals surface area contributed by atoms with Crippen LogP contribution in [0.1, 0.15) is 0 Å². The van der Waals surface area contributed by atoms with E-state index in [1.807, 2.05) is 0 Å². The normalized spacial score (nSPS) is 9.33. The van der Waals surface area contributed by atoms with Crippen molar-refractivity contribution in [1.29, 1.82) is 0 Å². The summed E-state index contributed by atoms with van der Waals surface area (Å²) in [6, 6.07) is 0. The first-order valence-electron chi connectivity index (χ1n) is 2.31. The minimum absolute atomic E-state index is 0.269. The maximum atomic E-state index is 10.6. The molecule has 0 bridgehead atoms. The van der Waals surface area contributed by atoms with Gasteiger partial charge in [0.15, 0.2) is 0 Å². The van der Waals surface area contributed by atoms with Gasteiger partial charge in [-0.15, -0.1) is 5.10 Å². The molecule has 9 heavy (non-hydrogen) atoms. The van der Waals surface area contributed by atoms with Crippen molar-refractivity contribution in [3.8, 4) is 0 Å². The van der Waals surface area contributed by atoms with Gasteiger partial charge in [-0.05, 0) is 0 Å². The van der Waals surface area contributed by atoms with E-state index in [0.29, 0.717) is 5.35 Å². The fourth-order valence-corrected chi connectivity index (χ4v) is 0.390. The lowest BCUT2D eigenvalue weighted by Crippen LogP contribution is -2.41. The van der Waals surface area contributed by atoms with Gasteiger partial charge in [-0.2, -0.15) is 0 Å². The van der Waals surface area contributed by atoms with Crippen LogP contribution in [0.2, 0.25) is 0 Å². The smallest absolute Gasteiger partial charge is 0.267 e.